The Kier molecular flexibility index (Phi) is 8.53. The van der Waals surface area contributed by atoms with E-state index in [2.05, 4.69) is 0 Å². The molecule has 0 bridgehead atoms. The maximum atomic E-state index is 11.9. The average molecular weight is 252 g/mol. The molecule has 0 spiro atoms. The second-order valence-corrected chi connectivity index (χ2v) is 4.86. The van der Waals surface area contributed by atoms with Crippen molar-refractivity contribution in [1.29, 1.82) is 0 Å². The highest BCUT2D eigenvalue weighted by Crippen LogP contribution is 2.49. The Morgan fingerprint density at radius 3 is 2.31 bits per heavy atom. The third-order valence-corrected chi connectivity index (χ3v) is 3.20. The van der Waals surface area contributed by atoms with Crippen molar-refractivity contribution in [3.63, 3.8) is 0 Å². The monoisotopic (exact) mass is 252 g/mol. The summed E-state index contributed by atoms with van der Waals surface area (Å²) < 4.78 is 26.5. The normalized spacial score (nSPS) is 14.4. The van der Waals surface area contributed by atoms with Gasteiger partial charge in [-0.3, -0.25) is 13.8 Å². The zero-order valence-electron chi connectivity index (χ0n) is 10.2. The maximum absolute atomic E-state index is 11.9. The fraction of sp³-hybridized carbons (Fsp3) is 0.900. The molecule has 0 amide bonds. The number of rotatable bonds is 9. The molecule has 0 aromatic rings. The van der Waals surface area contributed by atoms with Crippen molar-refractivity contribution in [2.45, 2.75) is 46.5 Å². The Balaban J connectivity index is 4.20. The molecule has 1 unspecified atom stereocenters. The third-order valence-electron chi connectivity index (χ3n) is 1.70. The zero-order chi connectivity index (χ0) is 12.4. The summed E-state index contributed by atoms with van der Waals surface area (Å²) in [7, 11) is -3.68. The van der Waals surface area contributed by atoms with Gasteiger partial charge in [0.2, 0.25) is 0 Å². The van der Waals surface area contributed by atoms with Gasteiger partial charge in [0.05, 0.1) is 13.2 Å². The van der Waals surface area contributed by atoms with Crippen LogP contribution in [0.3, 0.4) is 0 Å². The van der Waals surface area contributed by atoms with Crippen molar-refractivity contribution in [2.24, 2.45) is 0 Å². The summed E-state index contributed by atoms with van der Waals surface area (Å²) in [5, 5.41) is 0. The van der Waals surface area contributed by atoms with Crippen LogP contribution in [0.15, 0.2) is 0 Å². The Morgan fingerprint density at radius 2 is 1.81 bits per heavy atom. The minimum absolute atomic E-state index is 0.183. The first-order valence-corrected chi connectivity index (χ1v) is 7.15. The fourth-order valence-electron chi connectivity index (χ4n) is 0.943. The number of phosphoric ester groups is 1. The van der Waals surface area contributed by atoms with Crippen LogP contribution < -0.4 is 0 Å². The third kappa shape index (κ3) is 6.99. The summed E-state index contributed by atoms with van der Waals surface area (Å²) >= 11 is 0. The van der Waals surface area contributed by atoms with E-state index in [0.29, 0.717) is 6.42 Å². The van der Waals surface area contributed by atoms with Crippen LogP contribution in [0, 0.1) is 0 Å². The minimum Gasteiger partial charge on any atom is -0.370 e. The molecule has 0 aromatic carbocycles. The lowest BCUT2D eigenvalue weighted by molar-refractivity contribution is -0.136. The van der Waals surface area contributed by atoms with E-state index in [-0.39, 0.29) is 19.6 Å². The predicted octanol–water partition coefficient (Wildman–Crippen LogP) is 3.29. The van der Waals surface area contributed by atoms with Gasteiger partial charge in [0.1, 0.15) is 0 Å². The molecule has 96 valence electrons. The molecule has 0 aliphatic carbocycles. The second-order valence-electron chi connectivity index (χ2n) is 3.27. The molecule has 5 nitrogen and oxygen atoms in total. The van der Waals surface area contributed by atoms with E-state index >= 15 is 0 Å². The van der Waals surface area contributed by atoms with Crippen LogP contribution in [0.5, 0.6) is 0 Å². The SMILES string of the molecule is CCCCOP(=O)(OCC)OC(=O)CCC. The number of carbonyl (C=O) groups excluding carboxylic acids is 1. The molecule has 0 aromatic heterocycles. The number of phosphoric acid groups is 1. The lowest BCUT2D eigenvalue weighted by Gasteiger charge is -2.16. The van der Waals surface area contributed by atoms with Crippen LogP contribution in [-0.4, -0.2) is 19.2 Å². The molecule has 0 heterocycles. The van der Waals surface area contributed by atoms with Crippen LogP contribution in [-0.2, 0) is 22.9 Å². The van der Waals surface area contributed by atoms with E-state index in [9.17, 15) is 9.36 Å². The Hall–Kier alpha value is -0.380. The second kappa shape index (κ2) is 8.74. The molecule has 6 heteroatoms. The standard InChI is InChI=1S/C10H21O5P/c1-4-7-9-14-16(12,13-6-3)15-10(11)8-5-2/h4-9H2,1-3H3. The Labute approximate surface area is 97.1 Å². The summed E-state index contributed by atoms with van der Waals surface area (Å²) in [4.78, 5) is 11.2. The van der Waals surface area contributed by atoms with Crippen LogP contribution >= 0.6 is 7.82 Å². The summed E-state index contributed by atoms with van der Waals surface area (Å²) in [5.41, 5.74) is 0. The van der Waals surface area contributed by atoms with Gasteiger partial charge < -0.3 is 4.52 Å². The fourth-order valence-corrected chi connectivity index (χ4v) is 2.13. The van der Waals surface area contributed by atoms with Crippen LogP contribution in [0.4, 0.5) is 0 Å². The van der Waals surface area contributed by atoms with Gasteiger partial charge in [0, 0.05) is 6.42 Å². The Morgan fingerprint density at radius 1 is 1.12 bits per heavy atom. The van der Waals surface area contributed by atoms with Gasteiger partial charge in [-0.2, -0.15) is 0 Å². The highest BCUT2D eigenvalue weighted by atomic mass is 31.2. The van der Waals surface area contributed by atoms with Gasteiger partial charge in [-0.1, -0.05) is 20.3 Å². The minimum atomic E-state index is -3.68. The van der Waals surface area contributed by atoms with E-state index < -0.39 is 13.8 Å². The lowest BCUT2D eigenvalue weighted by Crippen LogP contribution is -2.07. The maximum Gasteiger partial charge on any atom is 0.532 e. The van der Waals surface area contributed by atoms with Crippen molar-refractivity contribution in [2.75, 3.05) is 13.2 Å². The van der Waals surface area contributed by atoms with Gasteiger partial charge in [-0.05, 0) is 19.8 Å². The van der Waals surface area contributed by atoms with Gasteiger partial charge in [0.25, 0.3) is 0 Å². The molecule has 0 N–H and O–H groups in total. The number of carbonyl (C=O) groups is 1. The molecule has 0 radical (unpaired) electrons. The van der Waals surface area contributed by atoms with E-state index in [1.54, 1.807) is 6.92 Å². The van der Waals surface area contributed by atoms with E-state index in [0.717, 1.165) is 12.8 Å². The van der Waals surface area contributed by atoms with Crippen LogP contribution in [0.25, 0.3) is 0 Å². The van der Waals surface area contributed by atoms with Crippen molar-refractivity contribution in [1.82, 2.24) is 0 Å². The largest absolute Gasteiger partial charge is 0.532 e. The molecular weight excluding hydrogens is 231 g/mol. The molecule has 16 heavy (non-hydrogen) atoms. The molecule has 0 saturated carbocycles. The molecule has 0 aliphatic heterocycles. The number of hydrogen-bond acceptors (Lipinski definition) is 5. The lowest BCUT2D eigenvalue weighted by atomic mass is 10.4. The first kappa shape index (κ1) is 15.6. The molecule has 0 aliphatic rings. The average Bonchev–Trinajstić information content (AvgIpc) is 2.18. The summed E-state index contributed by atoms with van der Waals surface area (Å²) in [5.74, 6) is -0.546. The Bertz CT molecular complexity index is 241. The number of unbranched alkanes of at least 4 members (excludes halogenated alkanes) is 1. The highest BCUT2D eigenvalue weighted by molar-refractivity contribution is 7.49. The first-order valence-electron chi connectivity index (χ1n) is 5.69. The van der Waals surface area contributed by atoms with Crippen molar-refractivity contribution < 1.29 is 22.9 Å². The van der Waals surface area contributed by atoms with Gasteiger partial charge in [-0.25, -0.2) is 4.57 Å². The van der Waals surface area contributed by atoms with Crippen molar-refractivity contribution >= 4 is 13.8 Å². The smallest absolute Gasteiger partial charge is 0.370 e. The summed E-state index contributed by atoms with van der Waals surface area (Å²) in [6.07, 6.45) is 2.52. The predicted molar refractivity (Wildman–Crippen MR) is 61.1 cm³/mol. The van der Waals surface area contributed by atoms with Crippen LogP contribution in [0.2, 0.25) is 0 Å². The highest BCUT2D eigenvalue weighted by Gasteiger charge is 2.29. The van der Waals surface area contributed by atoms with Crippen molar-refractivity contribution in [3.05, 3.63) is 0 Å². The quantitative estimate of drug-likeness (QED) is 0.465. The zero-order valence-corrected chi connectivity index (χ0v) is 11.1. The molecule has 0 fully saturated rings. The van der Waals surface area contributed by atoms with Gasteiger partial charge in [0.15, 0.2) is 0 Å². The summed E-state index contributed by atoms with van der Waals surface area (Å²) in [6, 6.07) is 0. The van der Waals surface area contributed by atoms with Crippen LogP contribution in [0.1, 0.15) is 46.5 Å². The van der Waals surface area contributed by atoms with E-state index in [1.165, 1.54) is 0 Å². The summed E-state index contributed by atoms with van der Waals surface area (Å²) in [6.45, 7) is 5.95. The number of hydrogen-bond donors (Lipinski definition) is 0. The first-order chi connectivity index (χ1) is 7.58. The molecular formula is C10H21O5P. The van der Waals surface area contributed by atoms with E-state index in [1.807, 2.05) is 13.8 Å². The molecule has 1 atom stereocenters. The van der Waals surface area contributed by atoms with Gasteiger partial charge >= 0.3 is 13.8 Å². The topological polar surface area (TPSA) is 61.8 Å². The van der Waals surface area contributed by atoms with Gasteiger partial charge in [-0.15, -0.1) is 0 Å². The molecule has 0 saturated heterocycles. The van der Waals surface area contributed by atoms with Crippen molar-refractivity contribution in [3.8, 4) is 0 Å². The van der Waals surface area contributed by atoms with E-state index in [4.69, 9.17) is 13.6 Å². The molecule has 0 rings (SSSR count).